The Hall–Kier alpha value is -2.22. The average molecular weight is 340 g/mol. The molecule has 3 amide bonds. The van der Waals surface area contributed by atoms with Gasteiger partial charge < -0.3 is 15.5 Å². The number of carbonyl (C=O) groups is 4. The Kier molecular flexibility index (Phi) is 5.89. The number of aliphatic hydroxyl groups excluding tert-OH is 1. The maximum absolute atomic E-state index is 11.9. The summed E-state index contributed by atoms with van der Waals surface area (Å²) in [5.41, 5.74) is -2.24. The summed E-state index contributed by atoms with van der Waals surface area (Å²) in [6, 6.07) is 0. The predicted octanol–water partition coefficient (Wildman–Crippen LogP) is -0.0844. The molecule has 0 aromatic rings. The third-order valence-corrected chi connectivity index (χ3v) is 4.18. The van der Waals surface area contributed by atoms with Crippen molar-refractivity contribution in [1.82, 2.24) is 10.2 Å². The van der Waals surface area contributed by atoms with Crippen molar-refractivity contribution in [3.05, 3.63) is 12.2 Å². The van der Waals surface area contributed by atoms with Crippen LogP contribution in [0.4, 0.5) is 0 Å². The Morgan fingerprint density at radius 2 is 1.67 bits per heavy atom. The minimum absolute atomic E-state index is 0.0277. The fraction of sp³-hybridized carbons (Fsp3) is 0.625. The first kappa shape index (κ1) is 19.8. The predicted molar refractivity (Wildman–Crippen MR) is 84.7 cm³/mol. The van der Waals surface area contributed by atoms with Gasteiger partial charge in [0.05, 0.1) is 11.5 Å². The minimum Gasteiger partial charge on any atom is -0.481 e. The number of nitrogens with zero attached hydrogens (tertiary/aromatic N) is 1. The van der Waals surface area contributed by atoms with Crippen LogP contribution in [0.1, 0.15) is 34.1 Å². The molecule has 1 heterocycles. The van der Waals surface area contributed by atoms with Crippen LogP contribution in [-0.4, -0.2) is 58.0 Å². The molecule has 0 saturated carbocycles. The van der Waals surface area contributed by atoms with E-state index in [0.29, 0.717) is 0 Å². The molecule has 8 heteroatoms. The zero-order valence-corrected chi connectivity index (χ0v) is 14.3. The van der Waals surface area contributed by atoms with Gasteiger partial charge in [0.25, 0.3) is 11.8 Å². The summed E-state index contributed by atoms with van der Waals surface area (Å²) in [4.78, 5) is 46.8. The first-order chi connectivity index (χ1) is 10.9. The summed E-state index contributed by atoms with van der Waals surface area (Å²) in [6.07, 6.45) is 1.04. The molecule has 1 aliphatic heterocycles. The summed E-state index contributed by atoms with van der Waals surface area (Å²) in [6.45, 7) is 6.17. The lowest BCUT2D eigenvalue weighted by Crippen LogP contribution is -2.51. The van der Waals surface area contributed by atoms with Gasteiger partial charge in [-0.2, -0.15) is 0 Å². The van der Waals surface area contributed by atoms with Crippen LogP contribution in [0.3, 0.4) is 0 Å². The molecule has 0 bridgehead atoms. The number of hydrogen-bond acceptors (Lipinski definition) is 5. The number of carboxylic acid groups (broad SMARTS) is 1. The molecule has 0 radical (unpaired) electrons. The fourth-order valence-corrected chi connectivity index (χ4v) is 2.47. The lowest BCUT2D eigenvalue weighted by molar-refractivity contribution is -0.159. The Morgan fingerprint density at radius 1 is 1.17 bits per heavy atom. The van der Waals surface area contributed by atoms with Crippen molar-refractivity contribution in [2.75, 3.05) is 13.1 Å². The zero-order chi connectivity index (χ0) is 18.7. The van der Waals surface area contributed by atoms with Crippen molar-refractivity contribution in [1.29, 1.82) is 0 Å². The van der Waals surface area contributed by atoms with Gasteiger partial charge in [-0.05, 0) is 13.8 Å². The lowest BCUT2D eigenvalue weighted by atomic mass is 9.72. The van der Waals surface area contributed by atoms with E-state index in [1.807, 2.05) is 0 Å². The maximum Gasteiger partial charge on any atom is 0.311 e. The van der Waals surface area contributed by atoms with E-state index in [1.54, 1.807) is 13.8 Å². The number of aliphatic carboxylic acids is 1. The molecule has 0 aromatic heterocycles. The van der Waals surface area contributed by atoms with Crippen LogP contribution in [0.25, 0.3) is 0 Å². The molecule has 1 aliphatic rings. The molecule has 0 spiro atoms. The first-order valence-electron chi connectivity index (χ1n) is 7.61. The SMILES string of the molecule is CC(C)(CNC(=O)CCN1C(=O)C=CC1=O)C(O)C(C)(C)C(=O)O. The van der Waals surface area contributed by atoms with Gasteiger partial charge in [-0.3, -0.25) is 24.1 Å². The molecule has 1 atom stereocenters. The highest BCUT2D eigenvalue weighted by Gasteiger charge is 2.44. The second-order valence-electron chi connectivity index (χ2n) is 7.11. The van der Waals surface area contributed by atoms with E-state index in [1.165, 1.54) is 13.8 Å². The minimum atomic E-state index is -1.37. The van der Waals surface area contributed by atoms with E-state index in [2.05, 4.69) is 5.32 Å². The van der Waals surface area contributed by atoms with Crippen LogP contribution < -0.4 is 5.32 Å². The molecule has 1 rings (SSSR count). The Morgan fingerprint density at radius 3 is 2.12 bits per heavy atom. The largest absolute Gasteiger partial charge is 0.481 e. The summed E-state index contributed by atoms with van der Waals surface area (Å²) in [7, 11) is 0. The van der Waals surface area contributed by atoms with E-state index in [9.17, 15) is 29.4 Å². The Labute approximate surface area is 140 Å². The van der Waals surface area contributed by atoms with E-state index >= 15 is 0 Å². The standard InChI is InChI=1S/C16H24N2O6/c1-15(2,13(22)16(3,4)14(23)24)9-17-10(19)7-8-18-11(20)5-6-12(18)21/h5-6,13,22H,7-9H2,1-4H3,(H,17,19)(H,23,24). The van der Waals surface area contributed by atoms with E-state index < -0.39 is 40.6 Å². The number of nitrogens with one attached hydrogen (secondary N) is 1. The molecule has 0 aromatic carbocycles. The molecule has 8 nitrogen and oxygen atoms in total. The number of hydrogen-bond donors (Lipinski definition) is 3. The van der Waals surface area contributed by atoms with E-state index in [0.717, 1.165) is 17.1 Å². The highest BCUT2D eigenvalue weighted by molar-refractivity contribution is 6.13. The van der Waals surface area contributed by atoms with Crippen LogP contribution in [0.15, 0.2) is 12.2 Å². The quantitative estimate of drug-likeness (QED) is 0.531. The third kappa shape index (κ3) is 4.41. The van der Waals surface area contributed by atoms with Gasteiger partial charge in [0, 0.05) is 37.1 Å². The molecular formula is C16H24N2O6. The zero-order valence-electron chi connectivity index (χ0n) is 14.3. The van der Waals surface area contributed by atoms with Crippen molar-refractivity contribution in [3.8, 4) is 0 Å². The summed E-state index contributed by atoms with van der Waals surface area (Å²) in [5.74, 6) is -2.43. The highest BCUT2D eigenvalue weighted by atomic mass is 16.4. The lowest BCUT2D eigenvalue weighted by Gasteiger charge is -2.38. The molecule has 1 unspecified atom stereocenters. The highest BCUT2D eigenvalue weighted by Crippen LogP contribution is 2.34. The van der Waals surface area contributed by atoms with E-state index in [4.69, 9.17) is 0 Å². The number of amides is 3. The van der Waals surface area contributed by atoms with Gasteiger partial charge in [0.15, 0.2) is 0 Å². The fourth-order valence-electron chi connectivity index (χ4n) is 2.47. The van der Waals surface area contributed by atoms with Gasteiger partial charge in [-0.1, -0.05) is 13.8 Å². The van der Waals surface area contributed by atoms with E-state index in [-0.39, 0.29) is 19.5 Å². The van der Waals surface area contributed by atoms with Crippen molar-refractivity contribution >= 4 is 23.7 Å². The molecule has 0 saturated heterocycles. The molecule has 24 heavy (non-hydrogen) atoms. The van der Waals surface area contributed by atoms with Crippen LogP contribution in [-0.2, 0) is 19.2 Å². The van der Waals surface area contributed by atoms with Gasteiger partial charge >= 0.3 is 5.97 Å². The number of carbonyl (C=O) groups excluding carboxylic acids is 3. The van der Waals surface area contributed by atoms with Crippen LogP contribution in [0.2, 0.25) is 0 Å². The summed E-state index contributed by atoms with van der Waals surface area (Å²) >= 11 is 0. The summed E-state index contributed by atoms with van der Waals surface area (Å²) < 4.78 is 0. The average Bonchev–Trinajstić information content (AvgIpc) is 2.81. The molecule has 0 aliphatic carbocycles. The molecule has 134 valence electrons. The van der Waals surface area contributed by atoms with Gasteiger partial charge in [-0.15, -0.1) is 0 Å². The third-order valence-electron chi connectivity index (χ3n) is 4.18. The Bertz CT molecular complexity index is 561. The van der Waals surface area contributed by atoms with Crippen molar-refractivity contribution in [3.63, 3.8) is 0 Å². The maximum atomic E-state index is 11.9. The van der Waals surface area contributed by atoms with Crippen LogP contribution >= 0.6 is 0 Å². The monoisotopic (exact) mass is 340 g/mol. The van der Waals surface area contributed by atoms with Crippen molar-refractivity contribution in [2.45, 2.75) is 40.2 Å². The number of rotatable bonds is 8. The van der Waals surface area contributed by atoms with Crippen molar-refractivity contribution < 1.29 is 29.4 Å². The Balaban J connectivity index is 2.52. The first-order valence-corrected chi connectivity index (χ1v) is 7.61. The molecule has 3 N–H and O–H groups in total. The topological polar surface area (TPSA) is 124 Å². The van der Waals surface area contributed by atoms with Gasteiger partial charge in [0.1, 0.15) is 0 Å². The molecular weight excluding hydrogens is 316 g/mol. The summed E-state index contributed by atoms with van der Waals surface area (Å²) in [5, 5.41) is 22.1. The number of imide groups is 1. The van der Waals surface area contributed by atoms with Crippen LogP contribution in [0.5, 0.6) is 0 Å². The molecule has 0 fully saturated rings. The smallest absolute Gasteiger partial charge is 0.311 e. The normalized spacial score (nSPS) is 16.5. The van der Waals surface area contributed by atoms with Crippen LogP contribution in [0, 0.1) is 10.8 Å². The van der Waals surface area contributed by atoms with Gasteiger partial charge in [-0.25, -0.2) is 0 Å². The van der Waals surface area contributed by atoms with Gasteiger partial charge in [0.2, 0.25) is 5.91 Å². The van der Waals surface area contributed by atoms with Crippen molar-refractivity contribution in [2.24, 2.45) is 10.8 Å². The second kappa shape index (κ2) is 7.12. The second-order valence-corrected chi connectivity index (χ2v) is 7.11. The number of carboxylic acids is 1. The number of aliphatic hydroxyl groups is 1.